The number of H-pyrrole nitrogens is 1. The summed E-state index contributed by atoms with van der Waals surface area (Å²) >= 11 is 3.52. The summed E-state index contributed by atoms with van der Waals surface area (Å²) in [6.45, 7) is 2.85. The number of halogens is 1. The Kier molecular flexibility index (Phi) is 3.69. The number of rotatable bonds is 4. The smallest absolute Gasteiger partial charge is 0.141 e. The highest BCUT2D eigenvalue weighted by atomic mass is 79.9. The number of aromatic amines is 1. The van der Waals surface area contributed by atoms with Gasteiger partial charge in [-0.15, -0.1) is 0 Å². The van der Waals surface area contributed by atoms with E-state index in [1.54, 1.807) is 0 Å². The molecule has 0 amide bonds. The highest BCUT2D eigenvalue weighted by Gasteiger charge is 2.07. The van der Waals surface area contributed by atoms with Crippen LogP contribution in [0, 0.1) is 0 Å². The zero-order valence-electron chi connectivity index (χ0n) is 8.94. The third kappa shape index (κ3) is 2.68. The van der Waals surface area contributed by atoms with Crippen molar-refractivity contribution >= 4 is 15.9 Å². The molecule has 0 saturated heterocycles. The Hall–Kier alpha value is -1.20. The van der Waals surface area contributed by atoms with Crippen molar-refractivity contribution < 1.29 is 0 Å². The summed E-state index contributed by atoms with van der Waals surface area (Å²) in [6.07, 6.45) is 1.52. The minimum Gasteiger partial charge on any atom is -0.303 e. The van der Waals surface area contributed by atoms with Crippen LogP contribution in [-0.2, 0) is 6.54 Å². The zero-order valence-corrected chi connectivity index (χ0v) is 10.5. The molecular formula is C11H13BrN4. The summed E-state index contributed by atoms with van der Waals surface area (Å²) in [5.74, 6) is 0.854. The van der Waals surface area contributed by atoms with Gasteiger partial charge in [0.05, 0.1) is 6.04 Å². The molecule has 1 aromatic heterocycles. The summed E-state index contributed by atoms with van der Waals surface area (Å²) in [7, 11) is 0. The van der Waals surface area contributed by atoms with Crippen LogP contribution in [0.5, 0.6) is 0 Å². The van der Waals surface area contributed by atoms with Crippen molar-refractivity contribution in [2.45, 2.75) is 19.5 Å². The molecule has 1 heterocycles. The standard InChI is InChI=1S/C11H13BrN4/c1-8(11-14-7-15-16-11)13-6-9-4-2-3-5-10(9)12/h2-5,7-8,13H,6H2,1H3,(H,14,15,16). The number of nitrogens with one attached hydrogen (secondary N) is 2. The predicted molar refractivity (Wildman–Crippen MR) is 65.8 cm³/mol. The molecule has 1 unspecified atom stereocenters. The first-order valence-corrected chi connectivity index (χ1v) is 5.88. The van der Waals surface area contributed by atoms with Crippen molar-refractivity contribution in [1.29, 1.82) is 0 Å². The van der Waals surface area contributed by atoms with Gasteiger partial charge in [0.1, 0.15) is 12.2 Å². The maximum Gasteiger partial charge on any atom is 0.141 e. The van der Waals surface area contributed by atoms with E-state index in [4.69, 9.17) is 0 Å². The van der Waals surface area contributed by atoms with E-state index < -0.39 is 0 Å². The van der Waals surface area contributed by atoms with E-state index in [2.05, 4.69) is 49.4 Å². The van der Waals surface area contributed by atoms with E-state index >= 15 is 0 Å². The predicted octanol–water partition coefficient (Wildman–Crippen LogP) is 2.42. The molecule has 1 aromatic carbocycles. The van der Waals surface area contributed by atoms with Crippen LogP contribution in [-0.4, -0.2) is 15.2 Å². The second-order valence-electron chi connectivity index (χ2n) is 3.56. The summed E-state index contributed by atoms with van der Waals surface area (Å²) in [5, 5.41) is 10.1. The minimum atomic E-state index is 0.162. The maximum atomic E-state index is 4.11. The molecule has 2 N–H and O–H groups in total. The lowest BCUT2D eigenvalue weighted by molar-refractivity contribution is 0.547. The van der Waals surface area contributed by atoms with E-state index in [0.717, 1.165) is 16.8 Å². The molecule has 2 aromatic rings. The molecule has 0 aliphatic heterocycles. The quantitative estimate of drug-likeness (QED) is 0.905. The van der Waals surface area contributed by atoms with Crippen LogP contribution in [0.25, 0.3) is 0 Å². The van der Waals surface area contributed by atoms with Crippen LogP contribution in [0.15, 0.2) is 35.1 Å². The lowest BCUT2D eigenvalue weighted by atomic mass is 10.2. The van der Waals surface area contributed by atoms with Gasteiger partial charge < -0.3 is 5.32 Å². The SMILES string of the molecule is CC(NCc1ccccc1Br)c1ncn[nH]1. The van der Waals surface area contributed by atoms with Gasteiger partial charge in [0, 0.05) is 11.0 Å². The van der Waals surface area contributed by atoms with E-state index in [1.165, 1.54) is 11.9 Å². The van der Waals surface area contributed by atoms with E-state index in [-0.39, 0.29) is 6.04 Å². The fraction of sp³-hybridized carbons (Fsp3) is 0.273. The molecular weight excluding hydrogens is 268 g/mol. The first-order chi connectivity index (χ1) is 7.77. The van der Waals surface area contributed by atoms with Crippen molar-refractivity contribution in [2.24, 2.45) is 0 Å². The Balaban J connectivity index is 1.95. The number of aromatic nitrogens is 3. The van der Waals surface area contributed by atoms with Crippen molar-refractivity contribution in [1.82, 2.24) is 20.5 Å². The van der Waals surface area contributed by atoms with Gasteiger partial charge in [-0.25, -0.2) is 4.98 Å². The van der Waals surface area contributed by atoms with Gasteiger partial charge in [0.2, 0.25) is 0 Å². The highest BCUT2D eigenvalue weighted by Crippen LogP contribution is 2.16. The summed E-state index contributed by atoms with van der Waals surface area (Å²) in [4.78, 5) is 4.11. The lowest BCUT2D eigenvalue weighted by Crippen LogP contribution is -2.19. The third-order valence-corrected chi connectivity index (χ3v) is 3.17. The van der Waals surface area contributed by atoms with Crippen LogP contribution in [0.1, 0.15) is 24.4 Å². The van der Waals surface area contributed by atoms with Crippen LogP contribution in [0.2, 0.25) is 0 Å². The molecule has 4 nitrogen and oxygen atoms in total. The average Bonchev–Trinajstić information content (AvgIpc) is 2.81. The Morgan fingerprint density at radius 3 is 2.94 bits per heavy atom. The molecule has 0 spiro atoms. The average molecular weight is 281 g/mol. The fourth-order valence-electron chi connectivity index (χ4n) is 1.43. The number of hydrogen-bond acceptors (Lipinski definition) is 3. The molecule has 0 aliphatic carbocycles. The molecule has 0 fully saturated rings. The monoisotopic (exact) mass is 280 g/mol. The minimum absolute atomic E-state index is 0.162. The first kappa shape index (κ1) is 11.3. The van der Waals surface area contributed by atoms with Gasteiger partial charge in [-0.05, 0) is 18.6 Å². The van der Waals surface area contributed by atoms with E-state index in [1.807, 2.05) is 18.2 Å². The maximum absolute atomic E-state index is 4.11. The molecule has 84 valence electrons. The van der Waals surface area contributed by atoms with Gasteiger partial charge in [-0.2, -0.15) is 5.10 Å². The van der Waals surface area contributed by atoms with E-state index in [0.29, 0.717) is 0 Å². The van der Waals surface area contributed by atoms with Crippen molar-refractivity contribution in [3.05, 3.63) is 46.5 Å². The Bertz CT molecular complexity index is 441. The Labute approximate surface area is 103 Å². The zero-order chi connectivity index (χ0) is 11.4. The van der Waals surface area contributed by atoms with Crippen molar-refractivity contribution in [3.8, 4) is 0 Å². The van der Waals surface area contributed by atoms with Crippen molar-refractivity contribution in [2.75, 3.05) is 0 Å². The van der Waals surface area contributed by atoms with Crippen LogP contribution >= 0.6 is 15.9 Å². The molecule has 1 atom stereocenters. The molecule has 5 heteroatoms. The normalized spacial score (nSPS) is 12.6. The Morgan fingerprint density at radius 1 is 1.44 bits per heavy atom. The highest BCUT2D eigenvalue weighted by molar-refractivity contribution is 9.10. The number of nitrogens with zero attached hydrogens (tertiary/aromatic N) is 2. The first-order valence-electron chi connectivity index (χ1n) is 5.09. The largest absolute Gasteiger partial charge is 0.303 e. The fourth-order valence-corrected chi connectivity index (χ4v) is 1.85. The van der Waals surface area contributed by atoms with Crippen LogP contribution in [0.4, 0.5) is 0 Å². The second-order valence-corrected chi connectivity index (χ2v) is 4.42. The van der Waals surface area contributed by atoms with E-state index in [9.17, 15) is 0 Å². The van der Waals surface area contributed by atoms with Gasteiger partial charge in [0.25, 0.3) is 0 Å². The van der Waals surface area contributed by atoms with Crippen LogP contribution in [0.3, 0.4) is 0 Å². The molecule has 0 saturated carbocycles. The summed E-state index contributed by atoms with van der Waals surface area (Å²) in [6, 6.07) is 8.32. The second kappa shape index (κ2) is 5.23. The van der Waals surface area contributed by atoms with Crippen molar-refractivity contribution in [3.63, 3.8) is 0 Å². The Morgan fingerprint density at radius 2 is 2.25 bits per heavy atom. The van der Waals surface area contributed by atoms with Gasteiger partial charge >= 0.3 is 0 Å². The summed E-state index contributed by atoms with van der Waals surface area (Å²) < 4.78 is 1.12. The molecule has 2 rings (SSSR count). The third-order valence-electron chi connectivity index (χ3n) is 2.40. The van der Waals surface area contributed by atoms with Gasteiger partial charge in [-0.1, -0.05) is 34.1 Å². The lowest BCUT2D eigenvalue weighted by Gasteiger charge is -2.11. The molecule has 0 bridgehead atoms. The molecule has 0 aliphatic rings. The summed E-state index contributed by atoms with van der Waals surface area (Å²) in [5.41, 5.74) is 1.23. The number of hydrogen-bond donors (Lipinski definition) is 2. The molecule has 16 heavy (non-hydrogen) atoms. The van der Waals surface area contributed by atoms with Crippen LogP contribution < -0.4 is 5.32 Å². The topological polar surface area (TPSA) is 53.6 Å². The number of benzene rings is 1. The van der Waals surface area contributed by atoms with Gasteiger partial charge in [0.15, 0.2) is 0 Å². The van der Waals surface area contributed by atoms with Gasteiger partial charge in [-0.3, -0.25) is 5.10 Å². The molecule has 0 radical (unpaired) electrons.